The maximum Gasteiger partial charge on any atom is 0.312 e. The summed E-state index contributed by atoms with van der Waals surface area (Å²) >= 11 is 0. The molecule has 1 aliphatic rings. The molecular formula is C12H20O4. The first-order valence-electron chi connectivity index (χ1n) is 5.88. The number of ether oxygens (including phenoxy) is 2. The molecule has 1 heterocycles. The highest BCUT2D eigenvalue weighted by Gasteiger charge is 2.45. The van der Waals surface area contributed by atoms with Gasteiger partial charge in [0, 0.05) is 0 Å². The lowest BCUT2D eigenvalue weighted by molar-refractivity contribution is -0.154. The van der Waals surface area contributed by atoms with Gasteiger partial charge in [-0.05, 0) is 12.8 Å². The van der Waals surface area contributed by atoms with Crippen LogP contribution in [0, 0.1) is 5.41 Å². The lowest BCUT2D eigenvalue weighted by Gasteiger charge is -2.22. The number of methoxy groups -OCH3 is 1. The average molecular weight is 228 g/mol. The highest BCUT2D eigenvalue weighted by atomic mass is 16.5. The second-order valence-electron chi connectivity index (χ2n) is 4.38. The summed E-state index contributed by atoms with van der Waals surface area (Å²) in [7, 11) is 1.35. The van der Waals surface area contributed by atoms with Crippen molar-refractivity contribution >= 4 is 11.9 Å². The van der Waals surface area contributed by atoms with Crippen LogP contribution < -0.4 is 0 Å². The summed E-state index contributed by atoms with van der Waals surface area (Å²) in [4.78, 5) is 23.0. The summed E-state index contributed by atoms with van der Waals surface area (Å²) < 4.78 is 9.64. The SMILES string of the molecule is CCCCCC1(CC(=O)OC)CCOC1=O. The summed E-state index contributed by atoms with van der Waals surface area (Å²) in [6.07, 6.45) is 4.67. The fourth-order valence-electron chi connectivity index (χ4n) is 2.13. The van der Waals surface area contributed by atoms with Gasteiger partial charge in [0.05, 0.1) is 25.6 Å². The zero-order valence-electron chi connectivity index (χ0n) is 10.1. The van der Waals surface area contributed by atoms with E-state index in [1.54, 1.807) is 0 Å². The van der Waals surface area contributed by atoms with E-state index in [1.807, 2.05) is 0 Å². The molecule has 0 N–H and O–H groups in total. The van der Waals surface area contributed by atoms with Crippen molar-refractivity contribution in [2.24, 2.45) is 5.41 Å². The van der Waals surface area contributed by atoms with Crippen LogP contribution in [0.15, 0.2) is 0 Å². The van der Waals surface area contributed by atoms with E-state index in [1.165, 1.54) is 7.11 Å². The van der Waals surface area contributed by atoms with Crippen LogP contribution in [0.2, 0.25) is 0 Å². The molecule has 0 aromatic heterocycles. The first kappa shape index (κ1) is 13.0. The van der Waals surface area contributed by atoms with E-state index < -0.39 is 5.41 Å². The Morgan fingerprint density at radius 2 is 2.25 bits per heavy atom. The molecule has 1 atom stereocenters. The Labute approximate surface area is 96.3 Å². The Morgan fingerprint density at radius 3 is 2.75 bits per heavy atom. The van der Waals surface area contributed by atoms with Gasteiger partial charge in [-0.1, -0.05) is 26.2 Å². The minimum atomic E-state index is -0.609. The molecule has 0 bridgehead atoms. The molecule has 1 aliphatic heterocycles. The van der Waals surface area contributed by atoms with Crippen LogP contribution in [0.3, 0.4) is 0 Å². The van der Waals surface area contributed by atoms with Gasteiger partial charge in [0.1, 0.15) is 0 Å². The average Bonchev–Trinajstić information content (AvgIpc) is 2.61. The first-order valence-corrected chi connectivity index (χ1v) is 5.88. The molecule has 1 rings (SSSR count). The maximum absolute atomic E-state index is 11.7. The highest BCUT2D eigenvalue weighted by molar-refractivity contribution is 5.84. The number of carbonyl (C=O) groups is 2. The molecule has 0 aliphatic carbocycles. The Bertz CT molecular complexity index is 262. The molecule has 0 aromatic carbocycles. The van der Waals surface area contributed by atoms with E-state index in [2.05, 4.69) is 11.7 Å². The van der Waals surface area contributed by atoms with Crippen molar-refractivity contribution in [1.29, 1.82) is 0 Å². The smallest absolute Gasteiger partial charge is 0.312 e. The Kier molecular flexibility index (Phi) is 4.77. The Hall–Kier alpha value is -1.06. The molecule has 1 unspecified atom stereocenters. The normalized spacial score (nSPS) is 24.2. The van der Waals surface area contributed by atoms with Crippen LogP contribution in [0.5, 0.6) is 0 Å². The molecular weight excluding hydrogens is 208 g/mol. The molecule has 16 heavy (non-hydrogen) atoms. The second kappa shape index (κ2) is 5.87. The third kappa shape index (κ3) is 2.97. The van der Waals surface area contributed by atoms with Gasteiger partial charge in [-0.25, -0.2) is 0 Å². The zero-order valence-corrected chi connectivity index (χ0v) is 10.1. The number of cyclic esters (lactones) is 1. The third-order valence-electron chi connectivity index (χ3n) is 3.22. The van der Waals surface area contributed by atoms with Crippen molar-refractivity contribution in [3.05, 3.63) is 0 Å². The fraction of sp³-hybridized carbons (Fsp3) is 0.833. The molecule has 0 amide bonds. The van der Waals surface area contributed by atoms with Crippen molar-refractivity contribution < 1.29 is 19.1 Å². The summed E-state index contributed by atoms with van der Waals surface area (Å²) in [5, 5.41) is 0. The van der Waals surface area contributed by atoms with Crippen molar-refractivity contribution in [2.45, 2.75) is 45.4 Å². The van der Waals surface area contributed by atoms with E-state index in [9.17, 15) is 9.59 Å². The molecule has 1 saturated heterocycles. The van der Waals surface area contributed by atoms with Crippen molar-refractivity contribution in [3.63, 3.8) is 0 Å². The van der Waals surface area contributed by atoms with Gasteiger partial charge in [-0.15, -0.1) is 0 Å². The number of esters is 2. The summed E-state index contributed by atoms with van der Waals surface area (Å²) in [5.41, 5.74) is -0.609. The van der Waals surface area contributed by atoms with Crippen LogP contribution in [-0.2, 0) is 19.1 Å². The quantitative estimate of drug-likeness (QED) is 0.516. The van der Waals surface area contributed by atoms with Crippen molar-refractivity contribution in [3.8, 4) is 0 Å². The van der Waals surface area contributed by atoms with Crippen molar-refractivity contribution in [2.75, 3.05) is 13.7 Å². The number of unbranched alkanes of at least 4 members (excludes halogenated alkanes) is 2. The van der Waals surface area contributed by atoms with E-state index in [-0.39, 0.29) is 18.4 Å². The molecule has 0 aromatic rings. The van der Waals surface area contributed by atoms with Gasteiger partial charge in [0.2, 0.25) is 0 Å². The van der Waals surface area contributed by atoms with Crippen LogP contribution >= 0.6 is 0 Å². The standard InChI is InChI=1S/C12H20O4/c1-3-4-5-6-12(9-10(13)15-2)7-8-16-11(12)14/h3-9H2,1-2H3. The van der Waals surface area contributed by atoms with E-state index in [0.29, 0.717) is 13.0 Å². The zero-order chi connectivity index (χ0) is 12.0. The van der Waals surface area contributed by atoms with Gasteiger partial charge < -0.3 is 9.47 Å². The van der Waals surface area contributed by atoms with Gasteiger partial charge in [0.15, 0.2) is 0 Å². The van der Waals surface area contributed by atoms with Gasteiger partial charge in [-0.2, -0.15) is 0 Å². The maximum atomic E-state index is 11.7. The van der Waals surface area contributed by atoms with E-state index >= 15 is 0 Å². The van der Waals surface area contributed by atoms with E-state index in [0.717, 1.165) is 25.7 Å². The molecule has 0 radical (unpaired) electrons. The predicted octanol–water partition coefficient (Wildman–Crippen LogP) is 2.06. The monoisotopic (exact) mass is 228 g/mol. The second-order valence-corrected chi connectivity index (χ2v) is 4.38. The molecule has 92 valence electrons. The highest BCUT2D eigenvalue weighted by Crippen LogP contribution is 2.39. The van der Waals surface area contributed by atoms with Crippen LogP contribution in [0.25, 0.3) is 0 Å². The van der Waals surface area contributed by atoms with E-state index in [4.69, 9.17) is 4.74 Å². The Balaban J connectivity index is 2.61. The largest absolute Gasteiger partial charge is 0.469 e. The lowest BCUT2D eigenvalue weighted by Crippen LogP contribution is -2.30. The molecule has 4 nitrogen and oxygen atoms in total. The third-order valence-corrected chi connectivity index (χ3v) is 3.22. The van der Waals surface area contributed by atoms with Gasteiger partial charge >= 0.3 is 11.9 Å². The van der Waals surface area contributed by atoms with Crippen molar-refractivity contribution in [1.82, 2.24) is 0 Å². The first-order chi connectivity index (χ1) is 7.64. The summed E-state index contributed by atoms with van der Waals surface area (Å²) in [6.45, 7) is 2.54. The molecule has 1 fully saturated rings. The lowest BCUT2D eigenvalue weighted by atomic mass is 9.78. The number of carbonyl (C=O) groups excluding carboxylic acids is 2. The van der Waals surface area contributed by atoms with Crippen LogP contribution in [-0.4, -0.2) is 25.7 Å². The van der Waals surface area contributed by atoms with Gasteiger partial charge in [0.25, 0.3) is 0 Å². The number of hydrogen-bond donors (Lipinski definition) is 0. The Morgan fingerprint density at radius 1 is 1.50 bits per heavy atom. The topological polar surface area (TPSA) is 52.6 Å². The minimum Gasteiger partial charge on any atom is -0.469 e. The summed E-state index contributed by atoms with van der Waals surface area (Å²) in [6, 6.07) is 0. The molecule has 0 spiro atoms. The van der Waals surface area contributed by atoms with Crippen LogP contribution in [0.4, 0.5) is 0 Å². The number of rotatable bonds is 6. The minimum absolute atomic E-state index is 0.159. The predicted molar refractivity (Wildman–Crippen MR) is 58.8 cm³/mol. The summed E-state index contributed by atoms with van der Waals surface area (Å²) in [5.74, 6) is -0.552. The van der Waals surface area contributed by atoms with Gasteiger partial charge in [-0.3, -0.25) is 9.59 Å². The fourth-order valence-corrected chi connectivity index (χ4v) is 2.13. The molecule has 4 heteroatoms. The van der Waals surface area contributed by atoms with Crippen LogP contribution in [0.1, 0.15) is 45.4 Å². The number of hydrogen-bond acceptors (Lipinski definition) is 4. The molecule has 0 saturated carbocycles.